The van der Waals surface area contributed by atoms with E-state index in [1.54, 1.807) is 11.3 Å². The molecule has 31 heavy (non-hydrogen) atoms. The van der Waals surface area contributed by atoms with E-state index < -0.39 is 0 Å². The third-order valence-corrected chi connectivity index (χ3v) is 7.53. The number of aromatic amines is 1. The predicted octanol–water partition coefficient (Wildman–Crippen LogP) is 3.65. The summed E-state index contributed by atoms with van der Waals surface area (Å²) in [5.41, 5.74) is 6.68. The van der Waals surface area contributed by atoms with Crippen molar-refractivity contribution in [2.75, 3.05) is 11.9 Å². The summed E-state index contributed by atoms with van der Waals surface area (Å²) in [6, 6.07) is 5.86. The van der Waals surface area contributed by atoms with Crippen molar-refractivity contribution in [1.29, 1.82) is 0 Å². The second-order valence-corrected chi connectivity index (χ2v) is 9.40. The smallest absolute Gasteiger partial charge is 0.245 e. The zero-order valence-corrected chi connectivity index (χ0v) is 18.1. The molecule has 2 saturated heterocycles. The molecule has 0 unspecified atom stereocenters. The van der Waals surface area contributed by atoms with Crippen molar-refractivity contribution in [2.45, 2.75) is 50.2 Å². The average Bonchev–Trinajstić information content (AvgIpc) is 3.50. The van der Waals surface area contributed by atoms with Gasteiger partial charge in [0.1, 0.15) is 5.69 Å². The Morgan fingerprint density at radius 2 is 1.87 bits per heavy atom. The summed E-state index contributed by atoms with van der Waals surface area (Å²) in [7, 11) is 2.10. The maximum atomic E-state index is 4.69. The van der Waals surface area contributed by atoms with Crippen LogP contribution in [0.5, 0.6) is 0 Å². The van der Waals surface area contributed by atoms with Gasteiger partial charge in [0.15, 0.2) is 0 Å². The zero-order valence-electron chi connectivity index (χ0n) is 17.3. The molecule has 6 rings (SSSR count). The van der Waals surface area contributed by atoms with Gasteiger partial charge in [0.05, 0.1) is 28.1 Å². The van der Waals surface area contributed by atoms with Gasteiger partial charge >= 0.3 is 0 Å². The van der Waals surface area contributed by atoms with Gasteiger partial charge in [0.2, 0.25) is 5.95 Å². The molecule has 2 aliphatic heterocycles. The van der Waals surface area contributed by atoms with Crippen molar-refractivity contribution in [3.63, 3.8) is 0 Å². The summed E-state index contributed by atoms with van der Waals surface area (Å²) in [6.45, 7) is 0. The standard InChI is InChI=1S/C22H24N8S/c1-30(16-7-14-3-2-4-15(8-16)27-14)22-23-11-19(28-29-22)18-6-5-17(13-9-25-26-10-13)20-21(18)31-12-24-20/h5-6,9-12,14-16,27H,2-4,7-8H2,1H3,(H,25,26)/t14-,15-/m1/s1. The van der Waals surface area contributed by atoms with E-state index in [2.05, 4.69) is 59.8 Å². The monoisotopic (exact) mass is 432 g/mol. The number of rotatable bonds is 4. The number of fused-ring (bicyclic) bond motifs is 3. The second-order valence-electron chi connectivity index (χ2n) is 8.55. The lowest BCUT2D eigenvalue weighted by molar-refractivity contribution is 0.218. The zero-order chi connectivity index (χ0) is 20.8. The van der Waals surface area contributed by atoms with E-state index >= 15 is 0 Å². The molecule has 0 spiro atoms. The van der Waals surface area contributed by atoms with Gasteiger partial charge in [0, 0.05) is 48.1 Å². The van der Waals surface area contributed by atoms with Crippen LogP contribution in [-0.4, -0.2) is 55.5 Å². The third kappa shape index (κ3) is 3.37. The second kappa shape index (κ2) is 7.65. The first kappa shape index (κ1) is 18.8. The summed E-state index contributed by atoms with van der Waals surface area (Å²) in [4.78, 5) is 11.5. The van der Waals surface area contributed by atoms with Crippen LogP contribution in [0.1, 0.15) is 32.1 Å². The first-order valence-electron chi connectivity index (χ1n) is 10.8. The van der Waals surface area contributed by atoms with Crippen molar-refractivity contribution >= 4 is 27.5 Å². The van der Waals surface area contributed by atoms with Gasteiger partial charge in [0.25, 0.3) is 0 Å². The lowest BCUT2D eigenvalue weighted by Crippen LogP contribution is -2.54. The van der Waals surface area contributed by atoms with Crippen molar-refractivity contribution in [3.8, 4) is 22.4 Å². The number of hydrogen-bond donors (Lipinski definition) is 2. The van der Waals surface area contributed by atoms with Crippen molar-refractivity contribution in [1.82, 2.24) is 35.7 Å². The van der Waals surface area contributed by atoms with E-state index in [4.69, 9.17) is 0 Å². The van der Waals surface area contributed by atoms with E-state index in [0.29, 0.717) is 24.1 Å². The number of H-pyrrole nitrogens is 1. The molecular weight excluding hydrogens is 408 g/mol. The highest BCUT2D eigenvalue weighted by atomic mass is 32.1. The summed E-state index contributed by atoms with van der Waals surface area (Å²) in [5.74, 6) is 0.698. The lowest BCUT2D eigenvalue weighted by Gasteiger charge is -2.43. The number of nitrogens with zero attached hydrogens (tertiary/aromatic N) is 6. The van der Waals surface area contributed by atoms with Crippen molar-refractivity contribution in [2.24, 2.45) is 0 Å². The molecular formula is C22H24N8S. The molecule has 2 fully saturated rings. The minimum absolute atomic E-state index is 0.464. The van der Waals surface area contributed by atoms with Crippen LogP contribution < -0.4 is 10.2 Å². The summed E-state index contributed by atoms with van der Waals surface area (Å²) in [5, 5.41) is 19.7. The van der Waals surface area contributed by atoms with E-state index in [9.17, 15) is 0 Å². The maximum Gasteiger partial charge on any atom is 0.245 e. The van der Waals surface area contributed by atoms with Gasteiger partial charge < -0.3 is 10.2 Å². The molecule has 1 aromatic carbocycles. The third-order valence-electron chi connectivity index (χ3n) is 6.67. The van der Waals surface area contributed by atoms with E-state index in [0.717, 1.165) is 45.4 Å². The Balaban J connectivity index is 1.28. The molecule has 158 valence electrons. The molecule has 4 aromatic rings. The quantitative estimate of drug-likeness (QED) is 0.508. The fourth-order valence-electron chi connectivity index (χ4n) is 5.05. The number of nitrogens with one attached hydrogen (secondary N) is 2. The first-order valence-corrected chi connectivity index (χ1v) is 11.7. The van der Waals surface area contributed by atoms with Crippen LogP contribution in [0.3, 0.4) is 0 Å². The molecule has 5 heterocycles. The number of hydrogen-bond acceptors (Lipinski definition) is 8. The molecule has 2 atom stereocenters. The van der Waals surface area contributed by atoms with Gasteiger partial charge in [-0.15, -0.1) is 21.5 Å². The Morgan fingerprint density at radius 3 is 2.61 bits per heavy atom. The summed E-state index contributed by atoms with van der Waals surface area (Å²) >= 11 is 1.61. The molecule has 2 N–H and O–H groups in total. The van der Waals surface area contributed by atoms with E-state index in [1.165, 1.54) is 19.3 Å². The van der Waals surface area contributed by atoms with E-state index in [-0.39, 0.29) is 0 Å². The topological polar surface area (TPSA) is 95.5 Å². The number of piperidine rings is 2. The largest absolute Gasteiger partial charge is 0.339 e. The molecule has 2 bridgehead atoms. The molecule has 2 aliphatic rings. The minimum Gasteiger partial charge on any atom is -0.339 e. The fourth-order valence-corrected chi connectivity index (χ4v) is 5.89. The Morgan fingerprint density at radius 1 is 1.03 bits per heavy atom. The normalized spacial score (nSPS) is 23.2. The van der Waals surface area contributed by atoms with Crippen LogP contribution in [0.25, 0.3) is 32.6 Å². The van der Waals surface area contributed by atoms with Gasteiger partial charge in [-0.2, -0.15) is 5.10 Å². The highest BCUT2D eigenvalue weighted by Gasteiger charge is 2.33. The van der Waals surface area contributed by atoms with E-state index in [1.807, 2.05) is 24.1 Å². The molecule has 0 radical (unpaired) electrons. The van der Waals surface area contributed by atoms with Crippen molar-refractivity contribution < 1.29 is 0 Å². The average molecular weight is 433 g/mol. The van der Waals surface area contributed by atoms with Crippen LogP contribution in [0, 0.1) is 0 Å². The number of aromatic nitrogens is 6. The highest BCUT2D eigenvalue weighted by Crippen LogP contribution is 2.36. The fraction of sp³-hybridized carbons (Fsp3) is 0.409. The molecule has 8 nitrogen and oxygen atoms in total. The Hall–Kier alpha value is -2.91. The van der Waals surface area contributed by atoms with Crippen LogP contribution in [0.2, 0.25) is 0 Å². The van der Waals surface area contributed by atoms with Gasteiger partial charge in [-0.1, -0.05) is 18.6 Å². The number of benzene rings is 1. The van der Waals surface area contributed by atoms with Crippen LogP contribution in [0.15, 0.2) is 36.2 Å². The SMILES string of the molecule is CN(c1ncc(-c2ccc(-c3cn[nH]c3)c3ncsc23)nn1)C1C[C@H]2CCC[C@H](C1)N2. The summed E-state index contributed by atoms with van der Waals surface area (Å²) < 4.78 is 1.09. The minimum atomic E-state index is 0.464. The molecule has 0 saturated carbocycles. The molecule has 9 heteroatoms. The summed E-state index contributed by atoms with van der Waals surface area (Å²) in [6.07, 6.45) is 11.7. The van der Waals surface area contributed by atoms with Gasteiger partial charge in [-0.25, -0.2) is 9.97 Å². The van der Waals surface area contributed by atoms with Gasteiger partial charge in [-0.05, 0) is 25.7 Å². The van der Waals surface area contributed by atoms with Crippen LogP contribution >= 0.6 is 11.3 Å². The van der Waals surface area contributed by atoms with Crippen LogP contribution in [0.4, 0.5) is 5.95 Å². The highest BCUT2D eigenvalue weighted by molar-refractivity contribution is 7.17. The first-order chi connectivity index (χ1) is 15.3. The number of thiazole rings is 1. The predicted molar refractivity (Wildman–Crippen MR) is 122 cm³/mol. The van der Waals surface area contributed by atoms with Crippen LogP contribution in [-0.2, 0) is 0 Å². The Labute approximate surface area is 184 Å². The molecule has 3 aromatic heterocycles. The number of anilines is 1. The van der Waals surface area contributed by atoms with Crippen molar-refractivity contribution in [3.05, 3.63) is 36.2 Å². The lowest BCUT2D eigenvalue weighted by atomic mass is 9.83. The Kier molecular flexibility index (Phi) is 4.65. The molecule has 0 aliphatic carbocycles. The Bertz CT molecular complexity index is 1170. The molecule has 0 amide bonds. The maximum absolute atomic E-state index is 4.69. The van der Waals surface area contributed by atoms with Gasteiger partial charge in [-0.3, -0.25) is 5.10 Å².